The van der Waals surface area contributed by atoms with Crippen molar-refractivity contribution >= 4 is 11.9 Å². The van der Waals surface area contributed by atoms with E-state index < -0.39 is 0 Å². The molecule has 3 unspecified atom stereocenters. The number of likely N-dealkylation sites (tertiary alicyclic amines) is 1. The van der Waals surface area contributed by atoms with Crippen molar-refractivity contribution in [2.24, 2.45) is 5.92 Å². The van der Waals surface area contributed by atoms with Crippen LogP contribution in [0.15, 0.2) is 0 Å². The van der Waals surface area contributed by atoms with Gasteiger partial charge in [-0.15, -0.1) is 0 Å². The van der Waals surface area contributed by atoms with Crippen molar-refractivity contribution in [3.05, 3.63) is 0 Å². The highest BCUT2D eigenvalue weighted by Gasteiger charge is 2.29. The molecule has 156 valence electrons. The van der Waals surface area contributed by atoms with Gasteiger partial charge in [0.05, 0.1) is 0 Å². The van der Waals surface area contributed by atoms with Crippen molar-refractivity contribution in [2.45, 2.75) is 96.7 Å². The molecule has 2 aliphatic rings. The summed E-state index contributed by atoms with van der Waals surface area (Å²) < 4.78 is 0. The normalized spacial score (nSPS) is 26.6. The first-order chi connectivity index (χ1) is 13.0. The molecule has 1 heterocycles. The molecule has 1 saturated carbocycles. The predicted octanol–water partition coefficient (Wildman–Crippen LogP) is 3.02. The molecule has 0 spiro atoms. The first-order valence-corrected chi connectivity index (χ1v) is 11.1. The number of carbonyl (C=O) groups excluding carboxylic acids is 2. The third-order valence-electron chi connectivity index (χ3n) is 5.86. The smallest absolute Gasteiger partial charge is 0.315 e. The summed E-state index contributed by atoms with van der Waals surface area (Å²) in [7, 11) is 0. The van der Waals surface area contributed by atoms with Gasteiger partial charge in [-0.3, -0.25) is 9.69 Å². The molecule has 3 amide bonds. The van der Waals surface area contributed by atoms with E-state index in [-0.39, 0.29) is 29.9 Å². The fourth-order valence-corrected chi connectivity index (χ4v) is 4.36. The number of nitrogens with one attached hydrogen (secondary N) is 3. The van der Waals surface area contributed by atoms with Crippen LogP contribution < -0.4 is 16.0 Å². The summed E-state index contributed by atoms with van der Waals surface area (Å²) >= 11 is 0. The highest BCUT2D eigenvalue weighted by atomic mass is 16.2. The van der Waals surface area contributed by atoms with Gasteiger partial charge < -0.3 is 16.0 Å². The van der Waals surface area contributed by atoms with E-state index in [4.69, 9.17) is 0 Å². The van der Waals surface area contributed by atoms with E-state index in [2.05, 4.69) is 27.8 Å². The minimum Gasteiger partial charge on any atom is -0.354 e. The Morgan fingerprint density at radius 3 is 2.67 bits per heavy atom. The Balaban J connectivity index is 1.73. The largest absolute Gasteiger partial charge is 0.354 e. The summed E-state index contributed by atoms with van der Waals surface area (Å²) in [6.45, 7) is 9.21. The number of nitrogens with zero attached hydrogens (tertiary/aromatic N) is 1. The monoisotopic (exact) mass is 380 g/mol. The Kier molecular flexibility index (Phi) is 9.39. The molecular formula is C21H40N4O2. The van der Waals surface area contributed by atoms with Crippen LogP contribution in [0.4, 0.5) is 4.79 Å². The van der Waals surface area contributed by atoms with Crippen molar-refractivity contribution in [3.8, 4) is 0 Å². The molecule has 6 heteroatoms. The number of piperidine rings is 1. The van der Waals surface area contributed by atoms with Gasteiger partial charge >= 0.3 is 6.03 Å². The van der Waals surface area contributed by atoms with Gasteiger partial charge in [-0.25, -0.2) is 4.79 Å². The van der Waals surface area contributed by atoms with Crippen LogP contribution in [0.25, 0.3) is 0 Å². The second-order valence-corrected chi connectivity index (χ2v) is 8.62. The van der Waals surface area contributed by atoms with E-state index in [1.165, 1.54) is 32.1 Å². The molecule has 0 bridgehead atoms. The SMILES string of the molecule is CCCCN1CCCCC1CNC(=O)NC1CCCC(C(=O)NC(C)C)C1. The Labute approximate surface area is 165 Å². The zero-order valence-electron chi connectivity index (χ0n) is 17.6. The van der Waals surface area contributed by atoms with Crippen molar-refractivity contribution in [3.63, 3.8) is 0 Å². The highest BCUT2D eigenvalue weighted by molar-refractivity contribution is 5.79. The third kappa shape index (κ3) is 7.68. The zero-order valence-corrected chi connectivity index (χ0v) is 17.6. The topological polar surface area (TPSA) is 73.5 Å². The first-order valence-electron chi connectivity index (χ1n) is 11.1. The van der Waals surface area contributed by atoms with Gasteiger partial charge in [0, 0.05) is 30.6 Å². The van der Waals surface area contributed by atoms with Gasteiger partial charge in [0.25, 0.3) is 0 Å². The number of unbranched alkanes of at least 4 members (excludes halogenated alkanes) is 1. The second-order valence-electron chi connectivity index (χ2n) is 8.62. The Hall–Kier alpha value is -1.30. The van der Waals surface area contributed by atoms with Crippen LogP contribution in [0, 0.1) is 5.92 Å². The number of hydrogen-bond acceptors (Lipinski definition) is 3. The van der Waals surface area contributed by atoms with Crippen LogP contribution in [0.3, 0.4) is 0 Å². The van der Waals surface area contributed by atoms with E-state index in [9.17, 15) is 9.59 Å². The summed E-state index contributed by atoms with van der Waals surface area (Å²) in [6, 6.07) is 0.655. The maximum Gasteiger partial charge on any atom is 0.315 e. The average molecular weight is 381 g/mol. The molecule has 2 rings (SSSR count). The lowest BCUT2D eigenvalue weighted by Gasteiger charge is -2.36. The third-order valence-corrected chi connectivity index (χ3v) is 5.86. The molecule has 27 heavy (non-hydrogen) atoms. The molecule has 0 aromatic rings. The lowest BCUT2D eigenvalue weighted by atomic mass is 9.85. The van der Waals surface area contributed by atoms with E-state index >= 15 is 0 Å². The van der Waals surface area contributed by atoms with Gasteiger partial charge in [-0.2, -0.15) is 0 Å². The van der Waals surface area contributed by atoms with Crippen molar-refractivity contribution in [2.75, 3.05) is 19.6 Å². The number of amides is 3. The van der Waals surface area contributed by atoms with Crippen LogP contribution in [0.1, 0.15) is 78.6 Å². The lowest BCUT2D eigenvalue weighted by molar-refractivity contribution is -0.126. The predicted molar refractivity (Wildman–Crippen MR) is 110 cm³/mol. The molecule has 6 nitrogen and oxygen atoms in total. The molecule has 0 aromatic heterocycles. The molecule has 0 radical (unpaired) electrons. The summed E-state index contributed by atoms with van der Waals surface area (Å²) in [5.41, 5.74) is 0. The van der Waals surface area contributed by atoms with Crippen molar-refractivity contribution in [1.29, 1.82) is 0 Å². The van der Waals surface area contributed by atoms with Crippen LogP contribution in [-0.2, 0) is 4.79 Å². The van der Waals surface area contributed by atoms with E-state index in [1.807, 2.05) is 13.8 Å². The molecule has 1 aliphatic heterocycles. The number of urea groups is 1. The van der Waals surface area contributed by atoms with E-state index in [0.29, 0.717) is 6.04 Å². The van der Waals surface area contributed by atoms with Gasteiger partial charge in [0.1, 0.15) is 0 Å². The quantitative estimate of drug-likeness (QED) is 0.606. The molecule has 0 aromatic carbocycles. The summed E-state index contributed by atoms with van der Waals surface area (Å²) in [5.74, 6) is 0.153. The van der Waals surface area contributed by atoms with Crippen LogP contribution in [0.2, 0.25) is 0 Å². The molecule has 1 aliphatic carbocycles. The van der Waals surface area contributed by atoms with Crippen LogP contribution in [0.5, 0.6) is 0 Å². The van der Waals surface area contributed by atoms with Gasteiger partial charge in [-0.1, -0.05) is 26.2 Å². The lowest BCUT2D eigenvalue weighted by Crippen LogP contribution is -2.51. The zero-order chi connectivity index (χ0) is 19.6. The molecule has 3 atom stereocenters. The summed E-state index contributed by atoms with van der Waals surface area (Å²) in [6.07, 6.45) is 9.77. The highest BCUT2D eigenvalue weighted by Crippen LogP contribution is 2.24. The number of hydrogen-bond donors (Lipinski definition) is 3. The molecule has 2 fully saturated rings. The van der Waals surface area contributed by atoms with Crippen molar-refractivity contribution in [1.82, 2.24) is 20.9 Å². The summed E-state index contributed by atoms with van der Waals surface area (Å²) in [5, 5.41) is 9.20. The summed E-state index contributed by atoms with van der Waals surface area (Å²) in [4.78, 5) is 27.2. The standard InChI is InChI=1S/C21H40N4O2/c1-4-5-12-25-13-7-6-11-19(25)15-22-21(27)24-18-10-8-9-17(14-18)20(26)23-16(2)3/h16-19H,4-15H2,1-3H3,(H,23,26)(H2,22,24,27). The molecule has 1 saturated heterocycles. The average Bonchev–Trinajstić information content (AvgIpc) is 2.65. The van der Waals surface area contributed by atoms with Gasteiger partial charge in [0.15, 0.2) is 0 Å². The van der Waals surface area contributed by atoms with Crippen molar-refractivity contribution < 1.29 is 9.59 Å². The number of rotatable bonds is 8. The van der Waals surface area contributed by atoms with Gasteiger partial charge in [-0.05, 0) is 65.5 Å². The van der Waals surface area contributed by atoms with E-state index in [0.717, 1.165) is 45.3 Å². The first kappa shape index (κ1) is 22.0. The maximum absolute atomic E-state index is 12.4. The maximum atomic E-state index is 12.4. The minimum absolute atomic E-state index is 0.0225. The minimum atomic E-state index is -0.0778. The Morgan fingerprint density at radius 1 is 1.11 bits per heavy atom. The Bertz CT molecular complexity index is 469. The van der Waals surface area contributed by atoms with Crippen LogP contribution >= 0.6 is 0 Å². The fourth-order valence-electron chi connectivity index (χ4n) is 4.36. The van der Waals surface area contributed by atoms with Gasteiger partial charge in [0.2, 0.25) is 5.91 Å². The Morgan fingerprint density at radius 2 is 1.93 bits per heavy atom. The van der Waals surface area contributed by atoms with Crippen LogP contribution in [-0.4, -0.2) is 54.6 Å². The molecule has 3 N–H and O–H groups in total. The fraction of sp³-hybridized carbons (Fsp3) is 0.905. The second kappa shape index (κ2) is 11.5. The number of carbonyl (C=O) groups is 2. The van der Waals surface area contributed by atoms with E-state index in [1.54, 1.807) is 0 Å². The molecular weight excluding hydrogens is 340 g/mol.